The van der Waals surface area contributed by atoms with Gasteiger partial charge in [-0.15, -0.1) is 0 Å². The molecule has 124 valence electrons. The Kier molecular flexibility index (Phi) is 4.32. The molecule has 0 radical (unpaired) electrons. The van der Waals surface area contributed by atoms with Crippen molar-refractivity contribution in [2.24, 2.45) is 0 Å². The molecular weight excluding hydrogens is 328 g/mol. The zero-order chi connectivity index (χ0) is 17.2. The summed E-state index contributed by atoms with van der Waals surface area (Å²) >= 11 is 0. The van der Waals surface area contributed by atoms with Gasteiger partial charge in [-0.05, 0) is 24.3 Å². The molecule has 0 fully saturated rings. The van der Waals surface area contributed by atoms with Gasteiger partial charge in [0.1, 0.15) is 17.0 Å². The van der Waals surface area contributed by atoms with E-state index in [1.807, 2.05) is 0 Å². The number of nitrogens with one attached hydrogen (secondary N) is 1. The molecule has 2 N–H and O–H groups in total. The molecule has 0 unspecified atom stereocenters. The van der Waals surface area contributed by atoms with Gasteiger partial charge in [-0.2, -0.15) is 0 Å². The number of pyridine rings is 1. The highest BCUT2D eigenvalue weighted by Gasteiger charge is 2.25. The molecule has 3 aromatic rings. The topological polar surface area (TPSA) is 98.8 Å². The van der Waals surface area contributed by atoms with Crippen molar-refractivity contribution >= 4 is 21.5 Å². The summed E-state index contributed by atoms with van der Waals surface area (Å²) in [6.07, 6.45) is 1.68. The Hall–Kier alpha value is -2.71. The third-order valence-corrected chi connectivity index (χ3v) is 5.30. The number of anilines is 1. The van der Waals surface area contributed by atoms with Crippen LogP contribution in [0.4, 0.5) is 5.82 Å². The largest absolute Gasteiger partial charge is 0.394 e. The third kappa shape index (κ3) is 2.89. The first-order valence-corrected chi connectivity index (χ1v) is 8.70. The molecule has 0 saturated heterocycles. The van der Waals surface area contributed by atoms with E-state index < -0.39 is 10.0 Å². The molecule has 0 aliphatic carbocycles. The molecule has 0 aliphatic rings. The average Bonchev–Trinajstić information content (AvgIpc) is 2.60. The van der Waals surface area contributed by atoms with E-state index in [-0.39, 0.29) is 29.4 Å². The van der Waals surface area contributed by atoms with E-state index in [1.165, 1.54) is 22.6 Å². The summed E-state index contributed by atoms with van der Waals surface area (Å²) in [6.45, 7) is -0.506. The van der Waals surface area contributed by atoms with Crippen molar-refractivity contribution < 1.29 is 13.5 Å². The number of hydrogen-bond acceptors (Lipinski definition) is 5. The minimum absolute atomic E-state index is 0.0989. The second-order valence-electron chi connectivity index (χ2n) is 5.04. The van der Waals surface area contributed by atoms with Crippen LogP contribution in [0.2, 0.25) is 0 Å². The highest BCUT2D eigenvalue weighted by molar-refractivity contribution is 7.92. The highest BCUT2D eigenvalue weighted by atomic mass is 32.2. The summed E-state index contributed by atoms with van der Waals surface area (Å²) in [6, 6.07) is 14.5. The Labute approximate surface area is 139 Å². The molecule has 0 amide bonds. The van der Waals surface area contributed by atoms with Crippen LogP contribution in [0.3, 0.4) is 0 Å². The van der Waals surface area contributed by atoms with Gasteiger partial charge in [-0.1, -0.05) is 24.3 Å². The Morgan fingerprint density at radius 2 is 1.83 bits per heavy atom. The molecule has 7 nitrogen and oxygen atoms in total. The number of aliphatic hydroxyl groups excluding tert-OH is 1. The number of nitrogens with zero attached hydrogens (tertiary/aromatic N) is 3. The summed E-state index contributed by atoms with van der Waals surface area (Å²) in [5.41, 5.74) is 0.549. The maximum Gasteiger partial charge on any atom is 0.265 e. The van der Waals surface area contributed by atoms with Crippen LogP contribution in [-0.2, 0) is 10.0 Å². The molecule has 1 aromatic carbocycles. The Morgan fingerprint density at radius 3 is 2.54 bits per heavy atom. The average molecular weight is 344 g/mol. The maximum absolute atomic E-state index is 12.9. The standard InChI is InChI=1S/C16H16N4O3S/c17-14-12-16(18-15-8-4-5-9-19(14)15)20(10-11-21)24(22,23)13-6-2-1-3-7-13/h1-9,12,17,21H,10-11H2. The number of rotatable bonds is 5. The molecule has 2 aromatic heterocycles. The van der Waals surface area contributed by atoms with Crippen LogP contribution in [0.25, 0.3) is 5.65 Å². The summed E-state index contributed by atoms with van der Waals surface area (Å²) in [7, 11) is -3.88. The summed E-state index contributed by atoms with van der Waals surface area (Å²) in [5.74, 6) is 0.101. The van der Waals surface area contributed by atoms with E-state index in [0.29, 0.717) is 5.65 Å². The smallest absolute Gasteiger partial charge is 0.265 e. The number of fused-ring (bicyclic) bond motifs is 1. The van der Waals surface area contributed by atoms with Gasteiger partial charge in [0.15, 0.2) is 0 Å². The first-order chi connectivity index (χ1) is 11.5. The van der Waals surface area contributed by atoms with Gasteiger partial charge in [0.05, 0.1) is 18.0 Å². The molecule has 0 saturated carbocycles. The zero-order valence-corrected chi connectivity index (χ0v) is 13.5. The number of hydrogen-bond donors (Lipinski definition) is 2. The number of benzene rings is 1. The predicted octanol–water partition coefficient (Wildman–Crippen LogP) is 1.00. The van der Waals surface area contributed by atoms with Crippen LogP contribution in [0.1, 0.15) is 0 Å². The van der Waals surface area contributed by atoms with Gasteiger partial charge in [-0.25, -0.2) is 17.7 Å². The normalized spacial score (nSPS) is 11.5. The molecule has 0 spiro atoms. The van der Waals surface area contributed by atoms with E-state index in [4.69, 9.17) is 5.41 Å². The van der Waals surface area contributed by atoms with Gasteiger partial charge in [-0.3, -0.25) is 9.81 Å². The monoisotopic (exact) mass is 344 g/mol. The third-order valence-electron chi connectivity index (χ3n) is 3.48. The molecular formula is C16H16N4O3S. The lowest BCUT2D eigenvalue weighted by Gasteiger charge is -2.23. The predicted molar refractivity (Wildman–Crippen MR) is 89.1 cm³/mol. The SMILES string of the molecule is N=c1cc(N(CCO)S(=O)(=O)c2ccccc2)nc2ccccn12. The fourth-order valence-electron chi connectivity index (χ4n) is 2.37. The van der Waals surface area contributed by atoms with Crippen molar-refractivity contribution in [2.75, 3.05) is 17.5 Å². The minimum atomic E-state index is -3.88. The van der Waals surface area contributed by atoms with Gasteiger partial charge >= 0.3 is 0 Å². The van der Waals surface area contributed by atoms with Crippen LogP contribution in [0.15, 0.2) is 65.7 Å². The first-order valence-electron chi connectivity index (χ1n) is 7.26. The van der Waals surface area contributed by atoms with E-state index in [1.54, 1.807) is 42.6 Å². The van der Waals surface area contributed by atoms with E-state index in [2.05, 4.69) is 4.98 Å². The molecule has 0 aliphatic heterocycles. The van der Waals surface area contributed by atoms with Crippen molar-refractivity contribution in [3.05, 3.63) is 66.3 Å². The second kappa shape index (κ2) is 6.42. The fraction of sp³-hybridized carbons (Fsp3) is 0.125. The van der Waals surface area contributed by atoms with Gasteiger partial charge < -0.3 is 5.11 Å². The van der Waals surface area contributed by atoms with Crippen LogP contribution in [-0.4, -0.2) is 36.1 Å². The molecule has 0 atom stereocenters. The van der Waals surface area contributed by atoms with Gasteiger partial charge in [0.25, 0.3) is 10.0 Å². The van der Waals surface area contributed by atoms with Crippen molar-refractivity contribution in [3.8, 4) is 0 Å². The van der Waals surface area contributed by atoms with E-state index in [9.17, 15) is 13.5 Å². The van der Waals surface area contributed by atoms with Crippen LogP contribution in [0, 0.1) is 5.41 Å². The Bertz CT molecular complexity index is 1020. The lowest BCUT2D eigenvalue weighted by Crippen LogP contribution is -2.35. The van der Waals surface area contributed by atoms with Gasteiger partial charge in [0.2, 0.25) is 0 Å². The molecule has 3 rings (SSSR count). The molecule has 24 heavy (non-hydrogen) atoms. The maximum atomic E-state index is 12.9. The fourth-order valence-corrected chi connectivity index (χ4v) is 3.78. The van der Waals surface area contributed by atoms with Crippen molar-refractivity contribution in [1.29, 1.82) is 5.41 Å². The van der Waals surface area contributed by atoms with Crippen molar-refractivity contribution in [2.45, 2.75) is 4.90 Å². The minimum Gasteiger partial charge on any atom is -0.394 e. The number of aromatic nitrogens is 2. The van der Waals surface area contributed by atoms with Crippen molar-refractivity contribution in [3.63, 3.8) is 0 Å². The Morgan fingerprint density at radius 1 is 1.12 bits per heavy atom. The summed E-state index contributed by atoms with van der Waals surface area (Å²) in [5, 5.41) is 17.4. The summed E-state index contributed by atoms with van der Waals surface area (Å²) in [4.78, 5) is 4.43. The van der Waals surface area contributed by atoms with Gasteiger partial charge in [0, 0.05) is 12.3 Å². The van der Waals surface area contributed by atoms with Crippen LogP contribution < -0.4 is 9.79 Å². The first kappa shape index (κ1) is 16.2. The highest BCUT2D eigenvalue weighted by Crippen LogP contribution is 2.21. The van der Waals surface area contributed by atoms with Crippen LogP contribution in [0.5, 0.6) is 0 Å². The van der Waals surface area contributed by atoms with E-state index >= 15 is 0 Å². The quantitative estimate of drug-likeness (QED) is 0.721. The summed E-state index contributed by atoms with van der Waals surface area (Å²) < 4.78 is 28.3. The zero-order valence-electron chi connectivity index (χ0n) is 12.7. The lowest BCUT2D eigenvalue weighted by atomic mass is 10.4. The number of sulfonamides is 1. The molecule has 0 bridgehead atoms. The second-order valence-corrected chi connectivity index (χ2v) is 6.90. The number of aliphatic hydroxyl groups is 1. The van der Waals surface area contributed by atoms with Crippen LogP contribution >= 0.6 is 0 Å². The van der Waals surface area contributed by atoms with Crippen molar-refractivity contribution in [1.82, 2.24) is 9.38 Å². The Balaban J connectivity index is 2.17. The molecule has 8 heteroatoms. The van der Waals surface area contributed by atoms with E-state index in [0.717, 1.165) is 4.31 Å². The molecule has 2 heterocycles. The lowest BCUT2D eigenvalue weighted by molar-refractivity contribution is 0.306.